The highest BCUT2D eigenvalue weighted by atomic mass is 16.5. The topological polar surface area (TPSA) is 66.4 Å². The van der Waals surface area contributed by atoms with E-state index in [9.17, 15) is 5.11 Å². The molecule has 1 N–H and O–H groups in total. The number of nitrogens with zero attached hydrogens (tertiary/aromatic N) is 1. The lowest BCUT2D eigenvalue weighted by Gasteiger charge is -2.17. The zero-order chi connectivity index (χ0) is 22.7. The lowest BCUT2D eigenvalue weighted by atomic mass is 9.93. The zero-order valence-electron chi connectivity index (χ0n) is 18.5. The highest BCUT2D eigenvalue weighted by Crippen LogP contribution is 2.38. The summed E-state index contributed by atoms with van der Waals surface area (Å²) in [5.41, 5.74) is 7.68. The van der Waals surface area contributed by atoms with Gasteiger partial charge in [-0.3, -0.25) is 0 Å². The van der Waals surface area contributed by atoms with Gasteiger partial charge in [-0.15, -0.1) is 0 Å². The molecule has 3 rings (SSSR count). The van der Waals surface area contributed by atoms with Crippen molar-refractivity contribution < 1.29 is 14.3 Å². The summed E-state index contributed by atoms with van der Waals surface area (Å²) in [4.78, 5) is 0. The summed E-state index contributed by atoms with van der Waals surface area (Å²) in [7, 11) is 0. The molecule has 31 heavy (non-hydrogen) atoms. The number of ether oxygens (including phenoxy) is 1. The van der Waals surface area contributed by atoms with Gasteiger partial charge < -0.3 is 14.3 Å². The van der Waals surface area contributed by atoms with Crippen molar-refractivity contribution in [3.05, 3.63) is 88.7 Å². The molecule has 1 heterocycles. The van der Waals surface area contributed by atoms with Gasteiger partial charge in [0, 0.05) is 40.1 Å². The Morgan fingerprint density at radius 2 is 1.87 bits per heavy atom. The molecule has 0 aliphatic carbocycles. The second-order valence-corrected chi connectivity index (χ2v) is 8.07. The molecule has 0 spiro atoms. The van der Waals surface area contributed by atoms with Crippen molar-refractivity contribution >= 4 is 16.5 Å². The molecule has 4 heteroatoms. The van der Waals surface area contributed by atoms with Crippen LogP contribution >= 0.6 is 0 Å². The molecule has 1 aromatic heterocycles. The van der Waals surface area contributed by atoms with Crippen LogP contribution in [-0.4, -0.2) is 5.11 Å². The smallest absolute Gasteiger partial charge is 0.137 e. The van der Waals surface area contributed by atoms with Gasteiger partial charge >= 0.3 is 0 Å². The van der Waals surface area contributed by atoms with Crippen LogP contribution in [0.5, 0.6) is 11.5 Å². The number of fused-ring (bicyclic) bond motifs is 1. The number of hydrogen-bond acceptors (Lipinski definition) is 4. The molecule has 0 aliphatic rings. The number of rotatable bonds is 7. The summed E-state index contributed by atoms with van der Waals surface area (Å²) >= 11 is 0. The Balaban J connectivity index is 2.11. The standard InChI is InChI=1S/C27H27NO3/c1-16(2)27(17(3)4)23-11-22-21(9-19(6)13-28)15-31-25(22)12-26(23)30-14-20-8-7-18(5)10-24(20)29/h7-8,10-12,15,29H,1,6,9,14H2,2-5H3. The van der Waals surface area contributed by atoms with E-state index in [2.05, 4.69) is 19.2 Å². The van der Waals surface area contributed by atoms with Crippen molar-refractivity contribution in [2.24, 2.45) is 0 Å². The quantitative estimate of drug-likeness (QED) is 0.334. The molecule has 0 bridgehead atoms. The van der Waals surface area contributed by atoms with Crippen LogP contribution < -0.4 is 4.74 Å². The van der Waals surface area contributed by atoms with Gasteiger partial charge in [0.25, 0.3) is 0 Å². The van der Waals surface area contributed by atoms with Gasteiger partial charge in [0.05, 0.1) is 12.3 Å². The molecule has 0 radical (unpaired) electrons. The van der Waals surface area contributed by atoms with Crippen LogP contribution in [0.1, 0.15) is 43.0 Å². The molecule has 0 atom stereocenters. The van der Waals surface area contributed by atoms with E-state index in [0.717, 1.165) is 38.8 Å². The lowest BCUT2D eigenvalue weighted by Crippen LogP contribution is -2.01. The second-order valence-electron chi connectivity index (χ2n) is 8.07. The maximum atomic E-state index is 10.3. The molecule has 0 amide bonds. The molecule has 158 valence electrons. The first-order valence-corrected chi connectivity index (χ1v) is 10.1. The number of aryl methyl sites for hydroxylation is 1. The molecular formula is C27H27NO3. The number of phenols is 1. The molecule has 2 aromatic carbocycles. The third-order valence-corrected chi connectivity index (χ3v) is 5.14. The Morgan fingerprint density at radius 3 is 2.48 bits per heavy atom. The molecule has 0 aliphatic heterocycles. The van der Waals surface area contributed by atoms with E-state index in [-0.39, 0.29) is 12.4 Å². The summed E-state index contributed by atoms with van der Waals surface area (Å²) in [6.45, 7) is 16.1. The number of benzene rings is 2. The van der Waals surface area contributed by atoms with Gasteiger partial charge in [-0.25, -0.2) is 0 Å². The van der Waals surface area contributed by atoms with E-state index in [1.54, 1.807) is 12.3 Å². The van der Waals surface area contributed by atoms with Crippen molar-refractivity contribution in [1.29, 1.82) is 5.26 Å². The van der Waals surface area contributed by atoms with E-state index >= 15 is 0 Å². The molecule has 3 aromatic rings. The van der Waals surface area contributed by atoms with Crippen LogP contribution in [-0.2, 0) is 13.0 Å². The maximum absolute atomic E-state index is 10.3. The van der Waals surface area contributed by atoms with Crippen molar-refractivity contribution in [3.8, 4) is 17.6 Å². The fourth-order valence-electron chi connectivity index (χ4n) is 3.71. The predicted molar refractivity (Wildman–Crippen MR) is 125 cm³/mol. The van der Waals surface area contributed by atoms with E-state index in [1.165, 1.54) is 0 Å². The van der Waals surface area contributed by atoms with E-state index in [1.807, 2.05) is 52.0 Å². The van der Waals surface area contributed by atoms with Crippen LogP contribution in [0.25, 0.3) is 16.5 Å². The molecule has 0 fully saturated rings. The Kier molecular flexibility index (Phi) is 6.36. The lowest BCUT2D eigenvalue weighted by molar-refractivity contribution is 0.298. The fraction of sp³-hybridized carbons (Fsp3) is 0.222. The predicted octanol–water partition coefficient (Wildman–Crippen LogP) is 7.02. The molecular weight excluding hydrogens is 386 g/mol. The van der Waals surface area contributed by atoms with Crippen LogP contribution in [0.3, 0.4) is 0 Å². The van der Waals surface area contributed by atoms with E-state index in [0.29, 0.717) is 28.9 Å². The third kappa shape index (κ3) is 4.73. The first-order valence-electron chi connectivity index (χ1n) is 10.1. The molecule has 0 saturated heterocycles. The normalized spacial score (nSPS) is 10.5. The Hall–Kier alpha value is -3.71. The number of nitriles is 1. The van der Waals surface area contributed by atoms with E-state index < -0.39 is 0 Å². The summed E-state index contributed by atoms with van der Waals surface area (Å²) in [5.74, 6) is 0.854. The van der Waals surface area contributed by atoms with Gasteiger partial charge in [0.1, 0.15) is 23.7 Å². The third-order valence-electron chi connectivity index (χ3n) is 5.14. The van der Waals surface area contributed by atoms with E-state index in [4.69, 9.17) is 14.4 Å². The van der Waals surface area contributed by atoms with Crippen LogP contribution in [0.2, 0.25) is 0 Å². The van der Waals surface area contributed by atoms with Gasteiger partial charge in [0.2, 0.25) is 0 Å². The minimum atomic E-state index is 0.209. The van der Waals surface area contributed by atoms with Gasteiger partial charge in [-0.2, -0.15) is 5.26 Å². The van der Waals surface area contributed by atoms with Crippen molar-refractivity contribution in [1.82, 2.24) is 0 Å². The second kappa shape index (κ2) is 8.97. The number of aromatic hydroxyl groups is 1. The highest BCUT2D eigenvalue weighted by Gasteiger charge is 2.18. The molecule has 0 saturated carbocycles. The highest BCUT2D eigenvalue weighted by molar-refractivity contribution is 5.92. The van der Waals surface area contributed by atoms with Crippen molar-refractivity contribution in [2.45, 2.75) is 40.7 Å². The maximum Gasteiger partial charge on any atom is 0.137 e. The average molecular weight is 414 g/mol. The Bertz CT molecular complexity index is 1250. The summed E-state index contributed by atoms with van der Waals surface area (Å²) < 4.78 is 11.9. The summed E-state index contributed by atoms with van der Waals surface area (Å²) in [5, 5.41) is 20.3. The minimum absolute atomic E-state index is 0.209. The first kappa shape index (κ1) is 22.0. The first-order chi connectivity index (χ1) is 14.7. The van der Waals surface area contributed by atoms with Gasteiger partial charge in [-0.05, 0) is 51.0 Å². The Labute approximate surface area is 183 Å². The zero-order valence-corrected chi connectivity index (χ0v) is 18.5. The van der Waals surface area contributed by atoms with Crippen molar-refractivity contribution in [2.75, 3.05) is 0 Å². The largest absolute Gasteiger partial charge is 0.508 e. The summed E-state index contributed by atoms with van der Waals surface area (Å²) in [6, 6.07) is 11.5. The molecule has 0 unspecified atom stereocenters. The fourth-order valence-corrected chi connectivity index (χ4v) is 3.71. The number of allylic oxidation sites excluding steroid dienone is 4. The summed E-state index contributed by atoms with van der Waals surface area (Å²) in [6.07, 6.45) is 2.09. The van der Waals surface area contributed by atoms with Crippen molar-refractivity contribution in [3.63, 3.8) is 0 Å². The minimum Gasteiger partial charge on any atom is -0.508 e. The average Bonchev–Trinajstić information content (AvgIpc) is 3.08. The molecule has 4 nitrogen and oxygen atoms in total. The number of phenolic OH excluding ortho intramolecular Hbond substituents is 1. The number of furan rings is 1. The Morgan fingerprint density at radius 1 is 1.13 bits per heavy atom. The SMILES string of the molecule is C=C(C#N)Cc1coc2cc(OCc3ccc(C)cc3O)c(C(C(=C)C)=C(C)C)cc12. The monoisotopic (exact) mass is 413 g/mol. The van der Waals surface area contributed by atoms with Gasteiger partial charge in [-0.1, -0.05) is 36.4 Å². The van der Waals surface area contributed by atoms with Crippen LogP contribution in [0.15, 0.2) is 70.9 Å². The van der Waals surface area contributed by atoms with Crippen LogP contribution in [0.4, 0.5) is 0 Å². The number of hydrogen-bond donors (Lipinski definition) is 1. The van der Waals surface area contributed by atoms with Crippen LogP contribution in [0, 0.1) is 18.3 Å². The van der Waals surface area contributed by atoms with Gasteiger partial charge in [0.15, 0.2) is 0 Å².